The lowest BCUT2D eigenvalue weighted by molar-refractivity contribution is 0.0953. The zero-order chi connectivity index (χ0) is 13.2. The van der Waals surface area contributed by atoms with Crippen LogP contribution in [-0.4, -0.2) is 12.5 Å². The summed E-state index contributed by atoms with van der Waals surface area (Å²) in [5.41, 5.74) is 0.672. The minimum atomic E-state index is -0.0137. The summed E-state index contributed by atoms with van der Waals surface area (Å²) in [4.78, 5) is 11.7. The Bertz CT molecular complexity index is 348. The fourth-order valence-electron chi connectivity index (χ4n) is 1.81. The second-order valence-electron chi connectivity index (χ2n) is 4.53. The maximum Gasteiger partial charge on any atom is 0.251 e. The van der Waals surface area contributed by atoms with Crippen molar-refractivity contribution in [2.75, 3.05) is 6.54 Å². The third-order valence-electron chi connectivity index (χ3n) is 2.92. The first kappa shape index (κ1) is 15.0. The fourth-order valence-corrected chi connectivity index (χ4v) is 1.94. The van der Waals surface area contributed by atoms with E-state index in [2.05, 4.69) is 12.2 Å². The van der Waals surface area contributed by atoms with Crippen LogP contribution in [0.25, 0.3) is 0 Å². The molecule has 0 aliphatic carbocycles. The van der Waals surface area contributed by atoms with E-state index in [0.29, 0.717) is 10.6 Å². The second-order valence-corrected chi connectivity index (χ2v) is 4.97. The van der Waals surface area contributed by atoms with Crippen molar-refractivity contribution in [3.05, 3.63) is 34.9 Å². The summed E-state index contributed by atoms with van der Waals surface area (Å²) in [6, 6.07) is 6.97. The Labute approximate surface area is 115 Å². The highest BCUT2D eigenvalue weighted by Crippen LogP contribution is 2.09. The highest BCUT2D eigenvalue weighted by atomic mass is 35.5. The zero-order valence-corrected chi connectivity index (χ0v) is 11.8. The fraction of sp³-hybridized carbons (Fsp3) is 0.533. The third-order valence-corrected chi connectivity index (χ3v) is 3.17. The molecule has 0 aliphatic rings. The van der Waals surface area contributed by atoms with Crippen molar-refractivity contribution >= 4 is 17.5 Å². The number of benzene rings is 1. The van der Waals surface area contributed by atoms with Crippen molar-refractivity contribution in [2.45, 2.75) is 45.4 Å². The average molecular weight is 268 g/mol. The van der Waals surface area contributed by atoms with Gasteiger partial charge in [0.25, 0.3) is 5.91 Å². The molecule has 0 saturated heterocycles. The number of hydrogen-bond acceptors (Lipinski definition) is 1. The maximum absolute atomic E-state index is 11.7. The Balaban J connectivity index is 2.12. The van der Waals surface area contributed by atoms with Gasteiger partial charge in [0.2, 0.25) is 0 Å². The SMILES string of the molecule is CCCCCCCCNC(=O)c1ccc(Cl)cc1. The summed E-state index contributed by atoms with van der Waals surface area (Å²) >= 11 is 5.77. The van der Waals surface area contributed by atoms with Crippen LogP contribution < -0.4 is 5.32 Å². The lowest BCUT2D eigenvalue weighted by Crippen LogP contribution is -2.24. The molecule has 0 fully saturated rings. The van der Waals surface area contributed by atoms with Crippen molar-refractivity contribution in [2.24, 2.45) is 0 Å². The van der Waals surface area contributed by atoms with E-state index in [-0.39, 0.29) is 5.91 Å². The van der Waals surface area contributed by atoms with Gasteiger partial charge >= 0.3 is 0 Å². The van der Waals surface area contributed by atoms with Gasteiger partial charge in [-0.1, -0.05) is 50.6 Å². The maximum atomic E-state index is 11.7. The van der Waals surface area contributed by atoms with Gasteiger partial charge in [0.1, 0.15) is 0 Å². The molecule has 0 aliphatic heterocycles. The molecule has 1 amide bonds. The molecular formula is C15H22ClNO. The van der Waals surface area contributed by atoms with E-state index in [0.717, 1.165) is 13.0 Å². The molecule has 2 nitrogen and oxygen atoms in total. The van der Waals surface area contributed by atoms with E-state index in [9.17, 15) is 4.79 Å². The molecule has 0 atom stereocenters. The van der Waals surface area contributed by atoms with Gasteiger partial charge in [-0.15, -0.1) is 0 Å². The lowest BCUT2D eigenvalue weighted by atomic mass is 10.1. The Morgan fingerprint density at radius 1 is 1.06 bits per heavy atom. The minimum absolute atomic E-state index is 0.0137. The predicted molar refractivity (Wildman–Crippen MR) is 77.2 cm³/mol. The Morgan fingerprint density at radius 3 is 2.33 bits per heavy atom. The highest BCUT2D eigenvalue weighted by molar-refractivity contribution is 6.30. The van der Waals surface area contributed by atoms with Gasteiger partial charge in [-0.3, -0.25) is 4.79 Å². The van der Waals surface area contributed by atoms with Gasteiger partial charge in [0.05, 0.1) is 0 Å². The van der Waals surface area contributed by atoms with Crippen LogP contribution in [0.15, 0.2) is 24.3 Å². The summed E-state index contributed by atoms with van der Waals surface area (Å²) in [6.07, 6.45) is 7.42. The van der Waals surface area contributed by atoms with Gasteiger partial charge in [-0.05, 0) is 30.7 Å². The summed E-state index contributed by atoms with van der Waals surface area (Å²) in [6.45, 7) is 2.97. The van der Waals surface area contributed by atoms with E-state index in [1.165, 1.54) is 32.1 Å². The number of unbranched alkanes of at least 4 members (excludes halogenated alkanes) is 5. The largest absolute Gasteiger partial charge is 0.352 e. The van der Waals surface area contributed by atoms with Crippen molar-refractivity contribution in [1.29, 1.82) is 0 Å². The van der Waals surface area contributed by atoms with Crippen LogP contribution in [0.3, 0.4) is 0 Å². The molecule has 1 N–H and O–H groups in total. The van der Waals surface area contributed by atoms with Crippen LogP contribution in [-0.2, 0) is 0 Å². The van der Waals surface area contributed by atoms with Crippen molar-refractivity contribution in [3.63, 3.8) is 0 Å². The second kappa shape index (κ2) is 8.98. The van der Waals surface area contributed by atoms with Crippen LogP contribution >= 0.6 is 11.6 Å². The first-order valence-corrected chi connectivity index (χ1v) is 7.15. The molecule has 1 aromatic carbocycles. The molecule has 3 heteroatoms. The first-order valence-electron chi connectivity index (χ1n) is 6.78. The van der Waals surface area contributed by atoms with Crippen LogP contribution in [0, 0.1) is 0 Å². The predicted octanol–water partition coefficient (Wildman–Crippen LogP) is 4.43. The van der Waals surface area contributed by atoms with Gasteiger partial charge in [-0.2, -0.15) is 0 Å². The number of nitrogens with one attached hydrogen (secondary N) is 1. The standard InChI is InChI=1S/C15H22ClNO/c1-2-3-4-5-6-7-12-17-15(18)13-8-10-14(16)11-9-13/h8-11H,2-7,12H2,1H3,(H,17,18). The number of halogens is 1. The smallest absolute Gasteiger partial charge is 0.251 e. The zero-order valence-electron chi connectivity index (χ0n) is 11.0. The van der Waals surface area contributed by atoms with Gasteiger partial charge in [-0.25, -0.2) is 0 Å². The molecular weight excluding hydrogens is 246 g/mol. The van der Waals surface area contributed by atoms with Gasteiger partial charge in [0, 0.05) is 17.1 Å². The number of rotatable bonds is 8. The van der Waals surface area contributed by atoms with E-state index >= 15 is 0 Å². The molecule has 18 heavy (non-hydrogen) atoms. The van der Waals surface area contributed by atoms with Crippen molar-refractivity contribution in [3.8, 4) is 0 Å². The van der Waals surface area contributed by atoms with E-state index in [1.807, 2.05) is 0 Å². The summed E-state index contributed by atoms with van der Waals surface area (Å²) in [5, 5.41) is 3.58. The summed E-state index contributed by atoms with van der Waals surface area (Å²) in [7, 11) is 0. The molecule has 0 heterocycles. The Morgan fingerprint density at radius 2 is 1.67 bits per heavy atom. The van der Waals surface area contributed by atoms with Crippen LogP contribution in [0.4, 0.5) is 0 Å². The molecule has 1 rings (SSSR count). The summed E-state index contributed by atoms with van der Waals surface area (Å²) < 4.78 is 0. The number of amides is 1. The molecule has 0 unspecified atom stereocenters. The monoisotopic (exact) mass is 267 g/mol. The molecule has 100 valence electrons. The van der Waals surface area contributed by atoms with E-state index in [1.54, 1.807) is 24.3 Å². The highest BCUT2D eigenvalue weighted by Gasteiger charge is 2.03. The lowest BCUT2D eigenvalue weighted by Gasteiger charge is -2.05. The molecule has 0 saturated carbocycles. The third kappa shape index (κ3) is 6.06. The summed E-state index contributed by atoms with van der Waals surface area (Å²) in [5.74, 6) is -0.0137. The molecule has 0 bridgehead atoms. The molecule has 0 spiro atoms. The quantitative estimate of drug-likeness (QED) is 0.694. The number of carbonyl (C=O) groups is 1. The van der Waals surface area contributed by atoms with Crippen LogP contribution in [0.5, 0.6) is 0 Å². The Hall–Kier alpha value is -1.02. The topological polar surface area (TPSA) is 29.1 Å². The number of hydrogen-bond donors (Lipinski definition) is 1. The normalized spacial score (nSPS) is 10.3. The number of carbonyl (C=O) groups excluding carboxylic acids is 1. The minimum Gasteiger partial charge on any atom is -0.352 e. The van der Waals surface area contributed by atoms with Crippen molar-refractivity contribution in [1.82, 2.24) is 5.32 Å². The molecule has 0 aromatic heterocycles. The van der Waals surface area contributed by atoms with Crippen LogP contribution in [0.1, 0.15) is 55.8 Å². The van der Waals surface area contributed by atoms with Gasteiger partial charge < -0.3 is 5.32 Å². The van der Waals surface area contributed by atoms with Gasteiger partial charge in [0.15, 0.2) is 0 Å². The molecule has 0 radical (unpaired) electrons. The first-order chi connectivity index (χ1) is 8.74. The van der Waals surface area contributed by atoms with Crippen LogP contribution in [0.2, 0.25) is 5.02 Å². The van der Waals surface area contributed by atoms with E-state index in [4.69, 9.17) is 11.6 Å². The molecule has 1 aromatic rings. The average Bonchev–Trinajstić information content (AvgIpc) is 2.38. The van der Waals surface area contributed by atoms with Crippen molar-refractivity contribution < 1.29 is 4.79 Å². The Kier molecular flexibility index (Phi) is 7.51. The van der Waals surface area contributed by atoms with E-state index < -0.39 is 0 Å².